The molecule has 0 heterocycles. The molecule has 0 aliphatic carbocycles. The summed E-state index contributed by atoms with van der Waals surface area (Å²) in [6.45, 7) is 2.12. The zero-order chi connectivity index (χ0) is 13.7. The molecule has 0 saturated heterocycles. The fourth-order valence-corrected chi connectivity index (χ4v) is 2.02. The maximum absolute atomic E-state index is 12.0. The molecule has 0 bridgehead atoms. The fraction of sp³-hybridized carbons (Fsp3) is 0.462. The van der Waals surface area contributed by atoms with Gasteiger partial charge in [-0.25, -0.2) is 0 Å². The third-order valence-corrected chi connectivity index (χ3v) is 3.29. The monoisotopic (exact) mass is 270 g/mol. The van der Waals surface area contributed by atoms with Gasteiger partial charge >= 0.3 is 0 Å². The van der Waals surface area contributed by atoms with Gasteiger partial charge in [0.1, 0.15) is 6.04 Å². The van der Waals surface area contributed by atoms with Gasteiger partial charge in [-0.05, 0) is 18.6 Å². The second-order valence-electron chi connectivity index (χ2n) is 4.21. The Labute approximate surface area is 113 Å². The number of methoxy groups -OCH3 is 1. The zero-order valence-electron chi connectivity index (χ0n) is 10.9. The molecule has 18 heavy (non-hydrogen) atoms. The van der Waals surface area contributed by atoms with Gasteiger partial charge < -0.3 is 15.4 Å². The Hall–Kier alpha value is -1.10. The predicted molar refractivity (Wildman–Crippen MR) is 72.5 cm³/mol. The molecule has 2 atom stereocenters. The lowest BCUT2D eigenvalue weighted by Crippen LogP contribution is -2.45. The summed E-state index contributed by atoms with van der Waals surface area (Å²) in [4.78, 5) is 13.6. The van der Waals surface area contributed by atoms with Crippen molar-refractivity contribution < 1.29 is 9.53 Å². The molecule has 0 aliphatic heterocycles. The fourth-order valence-electron chi connectivity index (χ4n) is 1.73. The van der Waals surface area contributed by atoms with Crippen LogP contribution in [0.5, 0.6) is 0 Å². The predicted octanol–water partition coefficient (Wildman–Crippen LogP) is 1.83. The van der Waals surface area contributed by atoms with Crippen LogP contribution in [0.3, 0.4) is 0 Å². The molecule has 0 aliphatic rings. The van der Waals surface area contributed by atoms with Crippen LogP contribution in [0, 0.1) is 0 Å². The molecule has 0 spiro atoms. The van der Waals surface area contributed by atoms with Crippen LogP contribution in [-0.2, 0) is 9.53 Å². The van der Waals surface area contributed by atoms with Crippen molar-refractivity contribution in [2.45, 2.75) is 19.0 Å². The second kappa shape index (κ2) is 6.73. The van der Waals surface area contributed by atoms with E-state index >= 15 is 0 Å². The number of benzene rings is 1. The Bertz CT molecular complexity index is 412. The highest BCUT2D eigenvalue weighted by molar-refractivity contribution is 6.31. The highest BCUT2D eigenvalue weighted by Gasteiger charge is 2.23. The van der Waals surface area contributed by atoms with E-state index in [1.807, 2.05) is 25.1 Å². The molecule has 1 rings (SSSR count). The van der Waals surface area contributed by atoms with E-state index < -0.39 is 6.04 Å². The topological polar surface area (TPSA) is 55.6 Å². The number of hydrogen-bond acceptors (Lipinski definition) is 3. The van der Waals surface area contributed by atoms with E-state index in [2.05, 4.69) is 0 Å². The largest absolute Gasteiger partial charge is 0.383 e. The lowest BCUT2D eigenvalue weighted by atomic mass is 10.1. The van der Waals surface area contributed by atoms with E-state index in [0.29, 0.717) is 5.02 Å². The van der Waals surface area contributed by atoms with Crippen LogP contribution < -0.4 is 5.73 Å². The lowest BCUT2D eigenvalue weighted by Gasteiger charge is -2.28. The first kappa shape index (κ1) is 15.0. The minimum Gasteiger partial charge on any atom is -0.383 e. The standard InChI is InChI=1S/C13H19ClN2O2/c1-9(10-6-4-5-7-11(10)14)16(2)13(17)12(15)8-18-3/h4-7,9,12H,8,15H2,1-3H3. The number of likely N-dealkylation sites (N-methyl/N-ethyl adjacent to an activating group) is 1. The normalized spacial score (nSPS) is 14.1. The average Bonchev–Trinajstić information content (AvgIpc) is 2.37. The van der Waals surface area contributed by atoms with Crippen LogP contribution in [0.25, 0.3) is 0 Å². The number of nitrogens with two attached hydrogens (primary N) is 1. The molecule has 0 saturated carbocycles. The van der Waals surface area contributed by atoms with E-state index in [1.54, 1.807) is 18.0 Å². The molecule has 0 radical (unpaired) electrons. The van der Waals surface area contributed by atoms with Crippen LogP contribution >= 0.6 is 11.6 Å². The van der Waals surface area contributed by atoms with E-state index in [4.69, 9.17) is 22.1 Å². The van der Waals surface area contributed by atoms with Crippen LogP contribution in [-0.4, -0.2) is 37.6 Å². The number of carbonyl (C=O) groups excluding carboxylic acids is 1. The Morgan fingerprint density at radius 3 is 2.67 bits per heavy atom. The van der Waals surface area contributed by atoms with Crippen molar-refractivity contribution in [2.24, 2.45) is 5.73 Å². The molecular formula is C13H19ClN2O2. The first-order valence-corrected chi connectivity index (χ1v) is 6.12. The molecule has 100 valence electrons. The summed E-state index contributed by atoms with van der Waals surface area (Å²) in [5.74, 6) is -0.163. The van der Waals surface area contributed by atoms with Gasteiger partial charge in [0.05, 0.1) is 12.6 Å². The molecular weight excluding hydrogens is 252 g/mol. The maximum atomic E-state index is 12.0. The summed E-state index contributed by atoms with van der Waals surface area (Å²) >= 11 is 6.11. The summed E-state index contributed by atoms with van der Waals surface area (Å²) in [5, 5.41) is 0.643. The van der Waals surface area contributed by atoms with Gasteiger partial charge in [0.25, 0.3) is 0 Å². The Balaban J connectivity index is 2.81. The first-order chi connectivity index (χ1) is 8.49. The van der Waals surface area contributed by atoms with Crippen molar-refractivity contribution in [3.05, 3.63) is 34.9 Å². The van der Waals surface area contributed by atoms with Crippen molar-refractivity contribution in [3.8, 4) is 0 Å². The molecule has 2 unspecified atom stereocenters. The van der Waals surface area contributed by atoms with Gasteiger partial charge in [-0.1, -0.05) is 29.8 Å². The molecule has 0 fully saturated rings. The summed E-state index contributed by atoms with van der Waals surface area (Å²) < 4.78 is 4.89. The highest BCUT2D eigenvalue weighted by Crippen LogP contribution is 2.26. The van der Waals surface area contributed by atoms with Crippen LogP contribution in [0.2, 0.25) is 5.02 Å². The van der Waals surface area contributed by atoms with Crippen molar-refractivity contribution >= 4 is 17.5 Å². The van der Waals surface area contributed by atoms with Crippen molar-refractivity contribution in [2.75, 3.05) is 20.8 Å². The quantitative estimate of drug-likeness (QED) is 0.888. The summed E-state index contributed by atoms with van der Waals surface area (Å²) in [7, 11) is 3.23. The van der Waals surface area contributed by atoms with Gasteiger partial charge in [-0.15, -0.1) is 0 Å². The SMILES string of the molecule is COCC(N)C(=O)N(C)C(C)c1ccccc1Cl. The van der Waals surface area contributed by atoms with Gasteiger partial charge in [0.15, 0.2) is 0 Å². The number of amides is 1. The lowest BCUT2D eigenvalue weighted by molar-refractivity contribution is -0.134. The number of rotatable bonds is 5. The van der Waals surface area contributed by atoms with Crippen molar-refractivity contribution in [1.82, 2.24) is 4.90 Å². The summed E-state index contributed by atoms with van der Waals surface area (Å²) in [5.41, 5.74) is 6.64. The average molecular weight is 271 g/mol. The third kappa shape index (κ3) is 3.45. The molecule has 1 amide bonds. The minimum atomic E-state index is -0.648. The summed E-state index contributed by atoms with van der Waals surface area (Å²) in [6.07, 6.45) is 0. The third-order valence-electron chi connectivity index (χ3n) is 2.95. The van der Waals surface area contributed by atoms with Crippen LogP contribution in [0.4, 0.5) is 0 Å². The summed E-state index contributed by atoms with van der Waals surface area (Å²) in [6, 6.07) is 6.68. The number of hydrogen-bond donors (Lipinski definition) is 1. The number of ether oxygens (including phenoxy) is 1. The molecule has 1 aromatic carbocycles. The number of halogens is 1. The van der Waals surface area contributed by atoms with Gasteiger partial charge in [-0.3, -0.25) is 4.79 Å². The smallest absolute Gasteiger partial charge is 0.242 e. The van der Waals surface area contributed by atoms with E-state index in [-0.39, 0.29) is 18.6 Å². The van der Waals surface area contributed by atoms with Gasteiger partial charge in [-0.2, -0.15) is 0 Å². The van der Waals surface area contributed by atoms with Crippen molar-refractivity contribution in [1.29, 1.82) is 0 Å². The Kier molecular flexibility index (Phi) is 5.59. The number of carbonyl (C=O) groups is 1. The molecule has 5 heteroatoms. The molecule has 1 aromatic rings. The van der Waals surface area contributed by atoms with E-state index in [9.17, 15) is 4.79 Å². The minimum absolute atomic E-state index is 0.130. The van der Waals surface area contributed by atoms with Crippen molar-refractivity contribution in [3.63, 3.8) is 0 Å². The number of nitrogens with zero attached hydrogens (tertiary/aromatic N) is 1. The molecule has 0 aromatic heterocycles. The maximum Gasteiger partial charge on any atom is 0.242 e. The molecule has 4 nitrogen and oxygen atoms in total. The second-order valence-corrected chi connectivity index (χ2v) is 4.62. The van der Waals surface area contributed by atoms with Gasteiger partial charge in [0, 0.05) is 19.2 Å². The van der Waals surface area contributed by atoms with E-state index in [0.717, 1.165) is 5.56 Å². The van der Waals surface area contributed by atoms with Crippen LogP contribution in [0.1, 0.15) is 18.5 Å². The first-order valence-electron chi connectivity index (χ1n) is 5.74. The van der Waals surface area contributed by atoms with E-state index in [1.165, 1.54) is 7.11 Å². The molecule has 2 N–H and O–H groups in total. The Morgan fingerprint density at radius 1 is 1.50 bits per heavy atom. The van der Waals surface area contributed by atoms with Gasteiger partial charge in [0.2, 0.25) is 5.91 Å². The van der Waals surface area contributed by atoms with Crippen LogP contribution in [0.15, 0.2) is 24.3 Å². The highest BCUT2D eigenvalue weighted by atomic mass is 35.5. The Morgan fingerprint density at radius 2 is 2.11 bits per heavy atom. The zero-order valence-corrected chi connectivity index (χ0v) is 11.6.